The van der Waals surface area contributed by atoms with E-state index in [1.807, 2.05) is 24.3 Å². The van der Waals surface area contributed by atoms with E-state index in [1.54, 1.807) is 26.2 Å². The summed E-state index contributed by atoms with van der Waals surface area (Å²) in [6.07, 6.45) is 0. The second-order valence-electron chi connectivity index (χ2n) is 4.48. The summed E-state index contributed by atoms with van der Waals surface area (Å²) in [7, 11) is 3.35. The predicted octanol–water partition coefficient (Wildman–Crippen LogP) is 2.44. The Balaban J connectivity index is 1.97. The Morgan fingerprint density at radius 3 is 2.40 bits per heavy atom. The first-order valence-corrected chi connectivity index (χ1v) is 6.48. The molecule has 0 aliphatic rings. The molecule has 0 aliphatic heterocycles. The number of carbonyl (C=O) groups excluding carboxylic acids is 1. The van der Waals surface area contributed by atoms with Crippen LogP contribution in [0.4, 0.5) is 5.82 Å². The van der Waals surface area contributed by atoms with Crippen LogP contribution in [0.5, 0.6) is 0 Å². The lowest BCUT2D eigenvalue weighted by Gasteiger charge is -2.09. The molecule has 5 nitrogen and oxygen atoms in total. The molecule has 1 aromatic carbocycles. The van der Waals surface area contributed by atoms with Crippen LogP contribution in [0.15, 0.2) is 36.4 Å². The molecule has 0 saturated carbocycles. The molecule has 0 fully saturated rings. The van der Waals surface area contributed by atoms with E-state index < -0.39 is 0 Å². The lowest BCUT2D eigenvalue weighted by atomic mass is 10.2. The Labute approximate surface area is 122 Å². The average molecular weight is 291 g/mol. The molecule has 2 aromatic rings. The normalized spacial score (nSPS) is 10.2. The molecule has 104 valence electrons. The van der Waals surface area contributed by atoms with E-state index in [2.05, 4.69) is 15.5 Å². The monoisotopic (exact) mass is 290 g/mol. The van der Waals surface area contributed by atoms with Gasteiger partial charge in [0.05, 0.1) is 0 Å². The summed E-state index contributed by atoms with van der Waals surface area (Å²) in [5, 5.41) is 11.7. The molecule has 0 spiro atoms. The zero-order valence-electron chi connectivity index (χ0n) is 11.3. The summed E-state index contributed by atoms with van der Waals surface area (Å²) < 4.78 is 0. The molecule has 0 unspecified atom stereocenters. The Hall–Kier alpha value is -2.14. The summed E-state index contributed by atoms with van der Waals surface area (Å²) >= 11 is 5.82. The lowest BCUT2D eigenvalue weighted by molar-refractivity contribution is 0.0821. The summed E-state index contributed by atoms with van der Waals surface area (Å²) in [6, 6.07) is 10.9. The van der Waals surface area contributed by atoms with Gasteiger partial charge in [0.15, 0.2) is 5.69 Å². The number of rotatable bonds is 4. The Morgan fingerprint density at radius 2 is 1.85 bits per heavy atom. The van der Waals surface area contributed by atoms with Gasteiger partial charge in [0.2, 0.25) is 0 Å². The van der Waals surface area contributed by atoms with E-state index in [0.717, 1.165) is 5.56 Å². The first kappa shape index (κ1) is 14.3. The topological polar surface area (TPSA) is 58.1 Å². The molecular formula is C14H15ClN4O. The SMILES string of the molecule is CN(C)C(=O)c1ccc(NCc2ccc(Cl)cc2)nn1. The number of nitrogens with one attached hydrogen (secondary N) is 1. The Morgan fingerprint density at radius 1 is 1.15 bits per heavy atom. The third-order valence-corrected chi connectivity index (χ3v) is 2.93. The molecule has 1 aromatic heterocycles. The summed E-state index contributed by atoms with van der Waals surface area (Å²) in [5.41, 5.74) is 1.41. The summed E-state index contributed by atoms with van der Waals surface area (Å²) in [5.74, 6) is 0.456. The molecule has 2 rings (SSSR count). The number of anilines is 1. The number of hydrogen-bond acceptors (Lipinski definition) is 4. The fourth-order valence-corrected chi connectivity index (χ4v) is 1.69. The molecule has 6 heteroatoms. The number of halogens is 1. The molecule has 0 radical (unpaired) electrons. The van der Waals surface area contributed by atoms with E-state index in [4.69, 9.17) is 11.6 Å². The number of aromatic nitrogens is 2. The van der Waals surface area contributed by atoms with Crippen molar-refractivity contribution in [3.63, 3.8) is 0 Å². The van der Waals surface area contributed by atoms with E-state index in [0.29, 0.717) is 23.1 Å². The number of carbonyl (C=O) groups is 1. The highest BCUT2D eigenvalue weighted by molar-refractivity contribution is 6.30. The molecule has 0 aliphatic carbocycles. The van der Waals surface area contributed by atoms with Crippen LogP contribution in [0.1, 0.15) is 16.1 Å². The van der Waals surface area contributed by atoms with Gasteiger partial charge >= 0.3 is 0 Å². The van der Waals surface area contributed by atoms with Crippen LogP contribution in [-0.2, 0) is 6.54 Å². The van der Waals surface area contributed by atoms with E-state index in [-0.39, 0.29) is 5.91 Å². The molecule has 0 saturated heterocycles. The minimum atomic E-state index is -0.165. The molecule has 20 heavy (non-hydrogen) atoms. The Kier molecular flexibility index (Phi) is 4.53. The maximum absolute atomic E-state index is 11.7. The summed E-state index contributed by atoms with van der Waals surface area (Å²) in [4.78, 5) is 13.1. The number of hydrogen-bond donors (Lipinski definition) is 1. The van der Waals surface area contributed by atoms with Crippen LogP contribution >= 0.6 is 11.6 Å². The number of benzene rings is 1. The number of nitrogens with zero attached hydrogens (tertiary/aromatic N) is 3. The zero-order valence-corrected chi connectivity index (χ0v) is 12.1. The molecule has 0 bridgehead atoms. The fraction of sp³-hybridized carbons (Fsp3) is 0.214. The van der Waals surface area contributed by atoms with Gasteiger partial charge in [-0.05, 0) is 29.8 Å². The fourth-order valence-electron chi connectivity index (χ4n) is 1.56. The van der Waals surface area contributed by atoms with E-state index >= 15 is 0 Å². The molecule has 1 heterocycles. The largest absolute Gasteiger partial charge is 0.365 e. The van der Waals surface area contributed by atoms with Crippen molar-refractivity contribution in [3.05, 3.63) is 52.7 Å². The van der Waals surface area contributed by atoms with Gasteiger partial charge in [-0.1, -0.05) is 23.7 Å². The van der Waals surface area contributed by atoms with Gasteiger partial charge in [0, 0.05) is 25.7 Å². The minimum Gasteiger partial charge on any atom is -0.365 e. The average Bonchev–Trinajstić information content (AvgIpc) is 2.46. The van der Waals surface area contributed by atoms with Crippen LogP contribution in [0.3, 0.4) is 0 Å². The van der Waals surface area contributed by atoms with Crippen LogP contribution in [0.2, 0.25) is 5.02 Å². The zero-order chi connectivity index (χ0) is 14.5. The quantitative estimate of drug-likeness (QED) is 0.940. The van der Waals surface area contributed by atoms with Crippen molar-refractivity contribution in [1.29, 1.82) is 0 Å². The van der Waals surface area contributed by atoms with Crippen LogP contribution < -0.4 is 5.32 Å². The maximum atomic E-state index is 11.7. The molecule has 1 N–H and O–H groups in total. The first-order chi connectivity index (χ1) is 9.56. The third kappa shape index (κ3) is 3.68. The van der Waals surface area contributed by atoms with Crippen LogP contribution in [-0.4, -0.2) is 35.1 Å². The highest BCUT2D eigenvalue weighted by atomic mass is 35.5. The smallest absolute Gasteiger partial charge is 0.273 e. The standard InChI is InChI=1S/C14H15ClN4O/c1-19(2)14(20)12-7-8-13(18-17-12)16-9-10-3-5-11(15)6-4-10/h3-8H,9H2,1-2H3,(H,16,18). The van der Waals surface area contributed by atoms with Crippen molar-refractivity contribution < 1.29 is 4.79 Å². The number of amides is 1. The van der Waals surface area contributed by atoms with Crippen molar-refractivity contribution in [2.75, 3.05) is 19.4 Å². The third-order valence-electron chi connectivity index (χ3n) is 2.68. The van der Waals surface area contributed by atoms with Crippen molar-refractivity contribution >= 4 is 23.3 Å². The maximum Gasteiger partial charge on any atom is 0.273 e. The summed E-state index contributed by atoms with van der Waals surface area (Å²) in [6.45, 7) is 0.618. The van der Waals surface area contributed by atoms with Crippen molar-refractivity contribution in [1.82, 2.24) is 15.1 Å². The van der Waals surface area contributed by atoms with Crippen LogP contribution in [0, 0.1) is 0 Å². The Bertz CT molecular complexity index is 581. The molecule has 0 atom stereocenters. The van der Waals surface area contributed by atoms with E-state index in [1.165, 1.54) is 4.90 Å². The first-order valence-electron chi connectivity index (χ1n) is 6.10. The van der Waals surface area contributed by atoms with Gasteiger partial charge in [-0.15, -0.1) is 10.2 Å². The van der Waals surface area contributed by atoms with Crippen molar-refractivity contribution in [2.45, 2.75) is 6.54 Å². The highest BCUT2D eigenvalue weighted by Crippen LogP contribution is 2.11. The molecule has 1 amide bonds. The van der Waals surface area contributed by atoms with Gasteiger partial charge < -0.3 is 10.2 Å². The van der Waals surface area contributed by atoms with Crippen molar-refractivity contribution in [2.24, 2.45) is 0 Å². The van der Waals surface area contributed by atoms with Crippen LogP contribution in [0.25, 0.3) is 0 Å². The van der Waals surface area contributed by atoms with Crippen molar-refractivity contribution in [3.8, 4) is 0 Å². The van der Waals surface area contributed by atoms with Gasteiger partial charge in [0.1, 0.15) is 5.82 Å². The second-order valence-corrected chi connectivity index (χ2v) is 4.92. The van der Waals surface area contributed by atoms with Gasteiger partial charge in [0.25, 0.3) is 5.91 Å². The van der Waals surface area contributed by atoms with Gasteiger partial charge in [-0.25, -0.2) is 0 Å². The minimum absolute atomic E-state index is 0.165. The van der Waals surface area contributed by atoms with E-state index in [9.17, 15) is 4.79 Å². The van der Waals surface area contributed by atoms with Gasteiger partial charge in [-0.2, -0.15) is 0 Å². The molecular weight excluding hydrogens is 276 g/mol. The highest BCUT2D eigenvalue weighted by Gasteiger charge is 2.09. The predicted molar refractivity (Wildman–Crippen MR) is 78.8 cm³/mol. The van der Waals surface area contributed by atoms with Gasteiger partial charge in [-0.3, -0.25) is 4.79 Å². The lowest BCUT2D eigenvalue weighted by Crippen LogP contribution is -2.23. The second kappa shape index (κ2) is 6.34.